The first-order valence-electron chi connectivity index (χ1n) is 10.5. The van der Waals surface area contributed by atoms with Crippen molar-refractivity contribution in [3.8, 4) is 5.75 Å². The summed E-state index contributed by atoms with van der Waals surface area (Å²) >= 11 is 0. The molecule has 2 amide bonds. The van der Waals surface area contributed by atoms with Crippen LogP contribution in [0.15, 0.2) is 30.5 Å². The number of carbonyl (C=O) groups is 1. The lowest BCUT2D eigenvalue weighted by atomic mass is 9.89. The number of nitrogens with one attached hydrogen (secondary N) is 1. The van der Waals surface area contributed by atoms with Gasteiger partial charge in [0.15, 0.2) is 5.67 Å². The number of alkyl halides is 4. The van der Waals surface area contributed by atoms with Crippen molar-refractivity contribution in [3.63, 3.8) is 0 Å². The Hall–Kier alpha value is -2.99. The third-order valence-electron chi connectivity index (χ3n) is 5.50. The molecule has 0 radical (unpaired) electrons. The van der Waals surface area contributed by atoms with Crippen molar-refractivity contribution < 1.29 is 41.7 Å². The van der Waals surface area contributed by atoms with Gasteiger partial charge in [-0.15, -0.1) is 13.2 Å². The number of halogens is 5. The first-order chi connectivity index (χ1) is 15.9. The van der Waals surface area contributed by atoms with Gasteiger partial charge in [0, 0.05) is 44.2 Å². The number of piperidine rings is 1. The Morgan fingerprint density at radius 3 is 2.53 bits per heavy atom. The van der Waals surface area contributed by atoms with E-state index in [9.17, 15) is 27.5 Å². The largest absolute Gasteiger partial charge is 0.573 e. The molecule has 0 unspecified atom stereocenters. The van der Waals surface area contributed by atoms with Crippen LogP contribution in [0.25, 0.3) is 0 Å². The lowest BCUT2D eigenvalue weighted by Gasteiger charge is -2.36. The summed E-state index contributed by atoms with van der Waals surface area (Å²) in [7, 11) is 0. The van der Waals surface area contributed by atoms with Crippen LogP contribution >= 0.6 is 0 Å². The van der Waals surface area contributed by atoms with Crippen LogP contribution in [0.2, 0.25) is 0 Å². The maximum Gasteiger partial charge on any atom is 0.573 e. The molecule has 12 heteroatoms. The van der Waals surface area contributed by atoms with Gasteiger partial charge in [-0.2, -0.15) is 0 Å². The number of pyridine rings is 1. The number of carbonyl (C=O) groups excluding carboxylic acids is 1. The number of hydrogen-bond donors (Lipinski definition) is 3. The first-order valence-corrected chi connectivity index (χ1v) is 10.5. The minimum absolute atomic E-state index is 0.0310. The fourth-order valence-electron chi connectivity index (χ4n) is 3.73. The number of ether oxygens (including phenoxy) is 1. The van der Waals surface area contributed by atoms with Crippen LogP contribution in [0.1, 0.15) is 29.7 Å². The molecular formula is C22H24F5N3O4. The number of aliphatic hydroxyl groups is 2. The van der Waals surface area contributed by atoms with Gasteiger partial charge in [0.1, 0.15) is 17.3 Å². The Balaban J connectivity index is 1.61. The SMILES string of the molecule is Cc1cc(NC(=O)N2CCC(F)(c3ncc(C[C@@H](O)CO)cc3F)CC2)ccc1OC(F)(F)F. The number of hydrogen-bond acceptors (Lipinski definition) is 5. The van der Waals surface area contributed by atoms with Gasteiger partial charge in [-0.25, -0.2) is 13.6 Å². The van der Waals surface area contributed by atoms with E-state index >= 15 is 4.39 Å². The average molecular weight is 489 g/mol. The molecular weight excluding hydrogens is 465 g/mol. The minimum Gasteiger partial charge on any atom is -0.406 e. The number of nitrogens with zero attached hydrogens (tertiary/aromatic N) is 2. The lowest BCUT2D eigenvalue weighted by Crippen LogP contribution is -2.45. The predicted molar refractivity (Wildman–Crippen MR) is 111 cm³/mol. The van der Waals surface area contributed by atoms with Gasteiger partial charge in [-0.3, -0.25) is 4.98 Å². The zero-order chi connectivity index (χ0) is 25.1. The van der Waals surface area contributed by atoms with E-state index in [1.54, 1.807) is 0 Å². The molecule has 1 aliphatic heterocycles. The Morgan fingerprint density at radius 1 is 1.29 bits per heavy atom. The van der Waals surface area contributed by atoms with E-state index in [2.05, 4.69) is 15.0 Å². The van der Waals surface area contributed by atoms with E-state index in [0.29, 0.717) is 5.56 Å². The van der Waals surface area contributed by atoms with Crippen LogP contribution in [0, 0.1) is 12.7 Å². The number of likely N-dealkylation sites (tertiary alicyclic amines) is 1. The molecule has 1 saturated heterocycles. The van der Waals surface area contributed by atoms with E-state index in [1.165, 1.54) is 30.2 Å². The molecule has 186 valence electrons. The van der Waals surface area contributed by atoms with Gasteiger partial charge in [0.2, 0.25) is 0 Å². The van der Waals surface area contributed by atoms with Gasteiger partial charge in [0.25, 0.3) is 0 Å². The number of amides is 2. The van der Waals surface area contributed by atoms with Crippen LogP contribution in [0.4, 0.5) is 32.4 Å². The fourth-order valence-corrected chi connectivity index (χ4v) is 3.73. The van der Waals surface area contributed by atoms with Gasteiger partial charge in [-0.1, -0.05) is 0 Å². The summed E-state index contributed by atoms with van der Waals surface area (Å²) in [6, 6.07) is 4.14. The number of aliphatic hydroxyl groups excluding tert-OH is 2. The van der Waals surface area contributed by atoms with Crippen molar-refractivity contribution in [2.75, 3.05) is 25.0 Å². The molecule has 0 saturated carbocycles. The number of benzene rings is 1. The standard InChI is InChI=1S/C22H24F5N3O4/c1-13-8-15(2-3-18(13)34-22(25,26)27)29-20(33)30-6-4-21(24,5-7-30)19-17(23)10-14(11-28-19)9-16(32)12-31/h2-3,8,10-11,16,31-32H,4-7,9,12H2,1H3,(H,29,33)/t16-/m1/s1. The molecule has 1 atom stereocenters. The number of anilines is 1. The molecule has 2 aromatic rings. The monoisotopic (exact) mass is 489 g/mol. The van der Waals surface area contributed by atoms with E-state index in [4.69, 9.17) is 5.11 Å². The summed E-state index contributed by atoms with van der Waals surface area (Å²) in [6.07, 6.45) is -5.12. The molecule has 1 aromatic carbocycles. The van der Waals surface area contributed by atoms with Gasteiger partial charge < -0.3 is 25.2 Å². The smallest absolute Gasteiger partial charge is 0.406 e. The van der Waals surface area contributed by atoms with Gasteiger partial charge in [0.05, 0.1) is 12.7 Å². The predicted octanol–water partition coefficient (Wildman–Crippen LogP) is 3.82. The van der Waals surface area contributed by atoms with Crippen LogP contribution in [-0.4, -0.2) is 58.3 Å². The first kappa shape index (κ1) is 25.6. The van der Waals surface area contributed by atoms with Crippen molar-refractivity contribution in [1.82, 2.24) is 9.88 Å². The van der Waals surface area contributed by atoms with Crippen molar-refractivity contribution >= 4 is 11.7 Å². The zero-order valence-corrected chi connectivity index (χ0v) is 18.2. The molecule has 0 spiro atoms. The van der Waals surface area contributed by atoms with Crippen molar-refractivity contribution in [2.45, 2.75) is 44.3 Å². The fraction of sp³-hybridized carbons (Fsp3) is 0.455. The zero-order valence-electron chi connectivity index (χ0n) is 18.2. The quantitative estimate of drug-likeness (QED) is 0.537. The second-order valence-corrected chi connectivity index (χ2v) is 8.13. The summed E-state index contributed by atoms with van der Waals surface area (Å²) in [4.78, 5) is 17.7. The summed E-state index contributed by atoms with van der Waals surface area (Å²) in [5, 5.41) is 20.9. The average Bonchev–Trinajstić information content (AvgIpc) is 2.75. The van der Waals surface area contributed by atoms with E-state index in [0.717, 1.165) is 12.1 Å². The highest BCUT2D eigenvalue weighted by molar-refractivity contribution is 5.89. The molecule has 2 heterocycles. The van der Waals surface area contributed by atoms with Crippen molar-refractivity contribution in [3.05, 3.63) is 53.1 Å². The third-order valence-corrected chi connectivity index (χ3v) is 5.50. The number of aromatic nitrogens is 1. The van der Waals surface area contributed by atoms with Crippen LogP contribution in [0.5, 0.6) is 5.75 Å². The normalized spacial score (nSPS) is 16.8. The van der Waals surface area contributed by atoms with Gasteiger partial charge >= 0.3 is 12.4 Å². The van der Waals surface area contributed by atoms with Crippen molar-refractivity contribution in [2.24, 2.45) is 0 Å². The van der Waals surface area contributed by atoms with Crippen LogP contribution in [-0.2, 0) is 12.1 Å². The third kappa shape index (κ3) is 6.32. The summed E-state index contributed by atoms with van der Waals surface area (Å²) in [6.45, 7) is 0.817. The second kappa shape index (κ2) is 10.1. The molecule has 1 aromatic heterocycles. The Labute approximate surface area is 192 Å². The number of aryl methyl sites for hydroxylation is 1. The Bertz CT molecular complexity index is 1030. The molecule has 1 aliphatic rings. The lowest BCUT2D eigenvalue weighted by molar-refractivity contribution is -0.274. The summed E-state index contributed by atoms with van der Waals surface area (Å²) in [5.74, 6) is -1.27. The Morgan fingerprint density at radius 2 is 1.97 bits per heavy atom. The van der Waals surface area contributed by atoms with Crippen molar-refractivity contribution in [1.29, 1.82) is 0 Å². The highest BCUT2D eigenvalue weighted by Gasteiger charge is 2.41. The molecule has 34 heavy (non-hydrogen) atoms. The molecule has 0 bridgehead atoms. The van der Waals surface area contributed by atoms with Gasteiger partial charge in [-0.05, 0) is 42.3 Å². The number of rotatable bonds is 6. The molecule has 0 aliphatic carbocycles. The van der Waals surface area contributed by atoms with E-state index in [-0.39, 0.29) is 49.3 Å². The maximum absolute atomic E-state index is 15.5. The highest BCUT2D eigenvalue weighted by atomic mass is 19.4. The topological polar surface area (TPSA) is 94.9 Å². The molecule has 3 rings (SSSR count). The minimum atomic E-state index is -4.84. The highest BCUT2D eigenvalue weighted by Crippen LogP contribution is 2.37. The summed E-state index contributed by atoms with van der Waals surface area (Å²) in [5.41, 5.74) is -1.77. The molecule has 7 nitrogen and oxygen atoms in total. The van der Waals surface area contributed by atoms with E-state index < -0.39 is 42.3 Å². The maximum atomic E-state index is 15.5. The molecule has 3 N–H and O–H groups in total. The summed E-state index contributed by atoms with van der Waals surface area (Å²) < 4.78 is 71.1. The Kier molecular flexibility index (Phi) is 7.61. The van der Waals surface area contributed by atoms with Crippen LogP contribution in [0.3, 0.4) is 0 Å². The molecule has 1 fully saturated rings. The van der Waals surface area contributed by atoms with Crippen LogP contribution < -0.4 is 10.1 Å². The second-order valence-electron chi connectivity index (χ2n) is 8.13. The van der Waals surface area contributed by atoms with E-state index in [1.807, 2.05) is 0 Å². The number of urea groups is 1.